The third-order valence-corrected chi connectivity index (χ3v) is 2.67. The molecule has 0 aliphatic heterocycles. The van der Waals surface area contributed by atoms with Crippen LogP contribution in [0.25, 0.3) is 0 Å². The predicted octanol–water partition coefficient (Wildman–Crippen LogP) is 0.366. The molecular weight excluding hydrogens is 209 g/mol. The second kappa shape index (κ2) is 3.30. The molecule has 3 N–H and O–H groups in total. The molecule has 0 bridgehead atoms. The topological polar surface area (TPSA) is 113 Å². The van der Waals surface area contributed by atoms with Gasteiger partial charge >= 0.3 is 15.6 Å². The lowest BCUT2D eigenvalue weighted by atomic mass is 15.7. The zero-order chi connectivity index (χ0) is 8.41. The van der Waals surface area contributed by atoms with E-state index < -0.39 is 15.6 Å². The summed E-state index contributed by atoms with van der Waals surface area (Å²) >= 11 is 4.32. The molecule has 62 valence electrons. The van der Waals surface area contributed by atoms with Crippen LogP contribution in [0.3, 0.4) is 0 Å². The second-order valence-corrected chi connectivity index (χ2v) is 4.23. The van der Waals surface area contributed by atoms with Gasteiger partial charge in [0.25, 0.3) is 0 Å². The van der Waals surface area contributed by atoms with Crippen LogP contribution in [0.2, 0.25) is 0 Å². The molecule has 0 aromatic carbocycles. The van der Waals surface area contributed by atoms with Crippen LogP contribution in [-0.4, -0.2) is 14.7 Å². The summed E-state index contributed by atoms with van der Waals surface area (Å²) in [5.41, 5.74) is 0. The van der Waals surface area contributed by atoms with E-state index in [1.165, 1.54) is 0 Å². The predicted molar refractivity (Wildman–Crippen MR) is 29.9 cm³/mol. The molecule has 10 heteroatoms. The fourth-order valence-corrected chi connectivity index (χ4v) is 1.55. The van der Waals surface area contributed by atoms with E-state index in [0.29, 0.717) is 0 Å². The van der Waals surface area contributed by atoms with E-state index in [4.69, 9.17) is 14.7 Å². The van der Waals surface area contributed by atoms with Crippen molar-refractivity contribution in [3.8, 4) is 0 Å². The summed E-state index contributed by atoms with van der Waals surface area (Å²) in [5, 5.41) is 0. The van der Waals surface area contributed by atoms with E-state index in [9.17, 15) is 9.13 Å². The van der Waals surface area contributed by atoms with Gasteiger partial charge in [0.05, 0.1) is 11.9 Å². The van der Waals surface area contributed by atoms with Crippen LogP contribution in [0.15, 0.2) is 0 Å². The number of hydrogen-bond donors (Lipinski definition) is 3. The lowest BCUT2D eigenvalue weighted by molar-refractivity contribution is 0.233. The average molecular weight is 212 g/mol. The van der Waals surface area contributed by atoms with E-state index >= 15 is 0 Å². The van der Waals surface area contributed by atoms with Gasteiger partial charge in [0.2, 0.25) is 0 Å². The largest absolute Gasteiger partial charge is 0.497 e. The van der Waals surface area contributed by atoms with Gasteiger partial charge in [0, 0.05) is 0 Å². The van der Waals surface area contributed by atoms with Crippen LogP contribution in [0.5, 0.6) is 0 Å². The van der Waals surface area contributed by atoms with Gasteiger partial charge in [-0.25, -0.2) is 9.13 Å². The molecule has 0 rings (SSSR count). The van der Waals surface area contributed by atoms with Gasteiger partial charge < -0.3 is 14.7 Å². The minimum Gasteiger partial charge on any atom is -0.302 e. The Kier molecular flexibility index (Phi) is 3.48. The zero-order valence-corrected chi connectivity index (χ0v) is 6.79. The fraction of sp³-hybridized carbons (Fsp3) is 0. The van der Waals surface area contributed by atoms with Crippen molar-refractivity contribution < 1.29 is 32.2 Å². The normalized spacial score (nSPS) is 18.4. The first-order valence-corrected chi connectivity index (χ1v) is 5.00. The average Bonchev–Trinajstić information content (AvgIpc) is 1.60. The van der Waals surface area contributed by atoms with Crippen LogP contribution >= 0.6 is 27.5 Å². The smallest absolute Gasteiger partial charge is 0.302 e. The molecule has 0 saturated carbocycles. The molecule has 1 atom stereocenters. The molecule has 0 radical (unpaired) electrons. The highest BCUT2D eigenvalue weighted by Crippen LogP contribution is 2.58. The molecule has 0 saturated heterocycles. The summed E-state index contributed by atoms with van der Waals surface area (Å²) in [4.78, 5) is 24.0. The van der Waals surface area contributed by atoms with Gasteiger partial charge in [-0.3, -0.25) is 0 Å². The summed E-state index contributed by atoms with van der Waals surface area (Å²) in [6.45, 7) is 0. The Morgan fingerprint density at radius 1 is 1.20 bits per heavy atom. The molecule has 0 amide bonds. The van der Waals surface area contributed by atoms with Gasteiger partial charge in [-0.1, -0.05) is 0 Å². The van der Waals surface area contributed by atoms with Crippen molar-refractivity contribution in [2.24, 2.45) is 0 Å². The van der Waals surface area contributed by atoms with Gasteiger partial charge in [-0.05, 0) is 0 Å². The Bertz CT molecular complexity index is 190. The molecule has 0 aromatic rings. The molecule has 1 unspecified atom stereocenters. The highest BCUT2D eigenvalue weighted by molar-refractivity contribution is 7.61. The quantitative estimate of drug-likeness (QED) is 0.579. The lowest BCUT2D eigenvalue weighted by Crippen LogP contribution is -1.86. The lowest BCUT2D eigenvalue weighted by Gasteiger charge is -2.06. The molecular formula is H3ClO7P2. The van der Waals surface area contributed by atoms with Gasteiger partial charge in [-0.2, -0.15) is 8.39 Å². The van der Waals surface area contributed by atoms with Gasteiger partial charge in [0.1, 0.15) is 0 Å². The maximum atomic E-state index is 10.1. The highest BCUT2D eigenvalue weighted by Gasteiger charge is 2.32. The van der Waals surface area contributed by atoms with Gasteiger partial charge in [0.15, 0.2) is 0 Å². The van der Waals surface area contributed by atoms with Crippen molar-refractivity contribution >= 4 is 27.5 Å². The van der Waals surface area contributed by atoms with Crippen molar-refractivity contribution in [2.45, 2.75) is 0 Å². The Morgan fingerprint density at radius 3 is 1.70 bits per heavy atom. The Labute approximate surface area is 60.6 Å². The summed E-state index contributed by atoms with van der Waals surface area (Å²) in [6.07, 6.45) is 0. The first kappa shape index (κ1) is 10.6. The molecule has 10 heavy (non-hydrogen) atoms. The van der Waals surface area contributed by atoms with Crippen LogP contribution in [0.1, 0.15) is 0 Å². The molecule has 7 nitrogen and oxygen atoms in total. The SMILES string of the molecule is O=P(O)(O)OP(=O)(O)OCl. The van der Waals surface area contributed by atoms with Crippen molar-refractivity contribution in [3.63, 3.8) is 0 Å². The number of phosphoric acid groups is 2. The van der Waals surface area contributed by atoms with Crippen LogP contribution in [-0.2, 0) is 17.5 Å². The summed E-state index contributed by atoms with van der Waals surface area (Å²) in [5.74, 6) is 0. The van der Waals surface area contributed by atoms with Crippen molar-refractivity contribution in [3.05, 3.63) is 0 Å². The van der Waals surface area contributed by atoms with Crippen LogP contribution in [0, 0.1) is 0 Å². The number of hydrogen-bond acceptors (Lipinski definition) is 4. The van der Waals surface area contributed by atoms with Crippen molar-refractivity contribution in [2.75, 3.05) is 0 Å². The Balaban J connectivity index is 4.17. The van der Waals surface area contributed by atoms with E-state index in [2.05, 4.69) is 20.3 Å². The standard InChI is InChI=1S/ClH3O7P2/c1-7-10(5,6)8-9(2,3)4/h(H,5,6)(H2,2,3,4). The molecule has 0 aliphatic rings. The maximum Gasteiger partial charge on any atom is 0.497 e. The fourth-order valence-electron chi connectivity index (χ4n) is 0.147. The third-order valence-electron chi connectivity index (χ3n) is 0.297. The summed E-state index contributed by atoms with van der Waals surface area (Å²) in [6, 6.07) is 0. The first-order valence-electron chi connectivity index (χ1n) is 1.67. The Hall–Kier alpha value is 0.550. The molecule has 0 fully saturated rings. The number of halogens is 1. The maximum absolute atomic E-state index is 10.1. The van der Waals surface area contributed by atoms with E-state index in [1.807, 2.05) is 0 Å². The third kappa shape index (κ3) is 5.34. The van der Waals surface area contributed by atoms with Crippen LogP contribution in [0.4, 0.5) is 0 Å². The minimum absolute atomic E-state index is 3.18. The van der Waals surface area contributed by atoms with Gasteiger partial charge in [-0.15, -0.1) is 0 Å². The molecule has 0 aromatic heterocycles. The monoisotopic (exact) mass is 212 g/mol. The first-order chi connectivity index (χ1) is 4.27. The van der Waals surface area contributed by atoms with E-state index in [-0.39, 0.29) is 0 Å². The molecule has 0 heterocycles. The second-order valence-electron chi connectivity index (χ2n) is 1.11. The van der Waals surface area contributed by atoms with E-state index in [0.717, 1.165) is 0 Å². The van der Waals surface area contributed by atoms with Crippen LogP contribution < -0.4 is 0 Å². The number of rotatable bonds is 3. The Morgan fingerprint density at radius 2 is 1.60 bits per heavy atom. The summed E-state index contributed by atoms with van der Waals surface area (Å²) in [7, 11) is -9.82. The molecule has 0 aliphatic carbocycles. The zero-order valence-electron chi connectivity index (χ0n) is 4.25. The van der Waals surface area contributed by atoms with E-state index in [1.54, 1.807) is 0 Å². The highest BCUT2D eigenvalue weighted by atomic mass is 35.5. The minimum atomic E-state index is -5.03. The van der Waals surface area contributed by atoms with Crippen molar-refractivity contribution in [1.82, 2.24) is 0 Å². The molecule has 0 spiro atoms. The van der Waals surface area contributed by atoms with Crippen molar-refractivity contribution in [1.29, 1.82) is 0 Å². The summed E-state index contributed by atoms with van der Waals surface area (Å²) < 4.78 is 26.3.